The number of nitrogens with one attached hydrogen (secondary N) is 1. The van der Waals surface area contributed by atoms with Gasteiger partial charge in [-0.3, -0.25) is 4.90 Å². The van der Waals surface area contributed by atoms with Crippen LogP contribution in [0, 0.1) is 5.82 Å². The first-order chi connectivity index (χ1) is 18.0. The molecule has 0 spiro atoms. The van der Waals surface area contributed by atoms with Crippen molar-refractivity contribution in [3.8, 4) is 11.4 Å². The summed E-state index contributed by atoms with van der Waals surface area (Å²) < 4.78 is 19.9. The Balaban J connectivity index is 1.56. The van der Waals surface area contributed by atoms with Gasteiger partial charge < -0.3 is 9.84 Å². The molecule has 0 radical (unpaired) electrons. The number of rotatable bonds is 7. The van der Waals surface area contributed by atoms with E-state index in [4.69, 9.17) is 9.51 Å². The molecule has 188 valence electrons. The van der Waals surface area contributed by atoms with Gasteiger partial charge in [-0.1, -0.05) is 79.7 Å². The second-order valence-electron chi connectivity index (χ2n) is 9.17. The molecule has 0 fully saturated rings. The van der Waals surface area contributed by atoms with Crippen LogP contribution in [0.3, 0.4) is 0 Å². The largest absolute Gasteiger partial charge is 0.334 e. The smallest absolute Gasteiger partial charge is 0.322 e. The summed E-state index contributed by atoms with van der Waals surface area (Å²) in [6, 6.07) is 21.5. The van der Waals surface area contributed by atoms with E-state index in [1.807, 2.05) is 43.3 Å². The maximum Gasteiger partial charge on any atom is 0.322 e. The van der Waals surface area contributed by atoms with Crippen LogP contribution in [0.4, 0.5) is 9.18 Å². The number of carbonyl (C=O) groups is 1. The van der Waals surface area contributed by atoms with Crippen LogP contribution in [-0.2, 0) is 19.4 Å². The maximum atomic E-state index is 14.2. The van der Waals surface area contributed by atoms with Crippen molar-refractivity contribution in [2.45, 2.75) is 46.2 Å². The molecule has 6 nitrogen and oxygen atoms in total. The summed E-state index contributed by atoms with van der Waals surface area (Å²) >= 11 is 0. The number of carbonyl (C=O) groups excluding carboxylic acids is 1. The lowest BCUT2D eigenvalue weighted by atomic mass is 9.94. The van der Waals surface area contributed by atoms with Crippen molar-refractivity contribution < 1.29 is 13.7 Å². The van der Waals surface area contributed by atoms with E-state index in [2.05, 4.69) is 36.5 Å². The van der Waals surface area contributed by atoms with E-state index in [1.54, 1.807) is 17.0 Å². The molecule has 1 unspecified atom stereocenters. The Labute approximate surface area is 215 Å². The summed E-state index contributed by atoms with van der Waals surface area (Å²) in [5.41, 5.74) is 6.19. The molecule has 1 N–H and O–H groups in total. The van der Waals surface area contributed by atoms with Crippen molar-refractivity contribution in [3.05, 3.63) is 112 Å². The lowest BCUT2D eigenvalue weighted by molar-refractivity contribution is 0.203. The molecule has 0 saturated heterocycles. The Morgan fingerprint density at radius 2 is 1.59 bits per heavy atom. The SMILES string of the molecule is CCc1ccc(CN2C(=O)NC(c3cccc(F)c3)C(c3nc(-c4ccc(CC)cc4)no3)=C2C)cc1. The number of aryl methyl sites for hydroxylation is 2. The Morgan fingerprint density at radius 3 is 2.24 bits per heavy atom. The number of amides is 2. The van der Waals surface area contributed by atoms with Crippen LogP contribution in [0.15, 0.2) is 83.0 Å². The lowest BCUT2D eigenvalue weighted by Crippen LogP contribution is -2.45. The van der Waals surface area contributed by atoms with E-state index < -0.39 is 6.04 Å². The van der Waals surface area contributed by atoms with Crippen LogP contribution in [0.1, 0.15) is 55.0 Å². The second-order valence-corrected chi connectivity index (χ2v) is 9.17. The molecule has 0 aliphatic carbocycles. The van der Waals surface area contributed by atoms with Crippen molar-refractivity contribution >= 4 is 11.6 Å². The third-order valence-corrected chi connectivity index (χ3v) is 6.83. The van der Waals surface area contributed by atoms with Gasteiger partial charge in [0.15, 0.2) is 0 Å². The third kappa shape index (κ3) is 5.03. The fraction of sp³-hybridized carbons (Fsp3) is 0.233. The number of hydrogen-bond donors (Lipinski definition) is 1. The van der Waals surface area contributed by atoms with E-state index in [-0.39, 0.29) is 17.7 Å². The average molecular weight is 497 g/mol. The minimum absolute atomic E-state index is 0.273. The summed E-state index contributed by atoms with van der Waals surface area (Å²) in [6.07, 6.45) is 1.89. The minimum Gasteiger partial charge on any atom is -0.334 e. The predicted octanol–water partition coefficient (Wildman–Crippen LogP) is 6.70. The maximum absolute atomic E-state index is 14.2. The van der Waals surface area contributed by atoms with Gasteiger partial charge in [-0.25, -0.2) is 9.18 Å². The Bertz CT molecular complexity index is 1440. The van der Waals surface area contributed by atoms with Crippen molar-refractivity contribution in [2.24, 2.45) is 0 Å². The number of urea groups is 1. The zero-order valence-electron chi connectivity index (χ0n) is 21.2. The van der Waals surface area contributed by atoms with Crippen molar-refractivity contribution in [3.63, 3.8) is 0 Å². The molecule has 2 amide bonds. The summed E-state index contributed by atoms with van der Waals surface area (Å²) in [5, 5.41) is 7.25. The summed E-state index contributed by atoms with van der Waals surface area (Å²) in [7, 11) is 0. The molecule has 1 aliphatic rings. The average Bonchev–Trinajstić information content (AvgIpc) is 3.41. The van der Waals surface area contributed by atoms with Gasteiger partial charge in [0, 0.05) is 11.3 Å². The predicted molar refractivity (Wildman–Crippen MR) is 141 cm³/mol. The van der Waals surface area contributed by atoms with Gasteiger partial charge in [-0.15, -0.1) is 0 Å². The molecule has 37 heavy (non-hydrogen) atoms. The van der Waals surface area contributed by atoms with Gasteiger partial charge in [-0.05, 0) is 54.2 Å². The third-order valence-electron chi connectivity index (χ3n) is 6.83. The topological polar surface area (TPSA) is 71.3 Å². The Kier molecular flexibility index (Phi) is 6.86. The molecule has 3 aromatic carbocycles. The first-order valence-corrected chi connectivity index (χ1v) is 12.5. The van der Waals surface area contributed by atoms with Gasteiger partial charge in [0.25, 0.3) is 5.89 Å². The van der Waals surface area contributed by atoms with Gasteiger partial charge in [0.2, 0.25) is 5.82 Å². The molecule has 1 atom stereocenters. The van der Waals surface area contributed by atoms with E-state index >= 15 is 0 Å². The number of halogens is 1. The van der Waals surface area contributed by atoms with Crippen LogP contribution in [-0.4, -0.2) is 21.1 Å². The molecular formula is C30H29FN4O2. The van der Waals surface area contributed by atoms with Crippen molar-refractivity contribution in [2.75, 3.05) is 0 Å². The normalized spacial score (nSPS) is 15.7. The highest BCUT2D eigenvalue weighted by Gasteiger charge is 2.36. The fourth-order valence-electron chi connectivity index (χ4n) is 4.59. The van der Waals surface area contributed by atoms with E-state index in [0.717, 1.165) is 24.0 Å². The fourth-order valence-corrected chi connectivity index (χ4v) is 4.59. The van der Waals surface area contributed by atoms with Gasteiger partial charge in [0.05, 0.1) is 18.2 Å². The standard InChI is InChI=1S/C30H29FN4O2/c1-4-20-9-11-22(12-10-20)18-35-19(3)26(27(32-30(35)36)24-7-6-8-25(31)17-24)29-33-28(34-37-29)23-15-13-21(5-2)14-16-23/h6-17,27H,4-5,18H2,1-3H3,(H,32,36). The highest BCUT2D eigenvalue weighted by Crippen LogP contribution is 2.38. The summed E-state index contributed by atoms with van der Waals surface area (Å²) in [5.74, 6) is 0.353. The van der Waals surface area contributed by atoms with Crippen LogP contribution in [0.5, 0.6) is 0 Å². The number of nitrogens with zero attached hydrogens (tertiary/aromatic N) is 3. The van der Waals surface area contributed by atoms with Crippen LogP contribution < -0.4 is 5.32 Å². The van der Waals surface area contributed by atoms with Gasteiger partial charge >= 0.3 is 6.03 Å². The first kappa shape index (κ1) is 24.4. The second kappa shape index (κ2) is 10.4. The molecule has 5 rings (SSSR count). The zero-order valence-corrected chi connectivity index (χ0v) is 21.2. The highest BCUT2D eigenvalue weighted by molar-refractivity contribution is 5.86. The monoisotopic (exact) mass is 496 g/mol. The van der Waals surface area contributed by atoms with Gasteiger partial charge in [-0.2, -0.15) is 4.98 Å². The lowest BCUT2D eigenvalue weighted by Gasteiger charge is -2.35. The molecule has 0 saturated carbocycles. The van der Waals surface area contributed by atoms with Crippen LogP contribution >= 0.6 is 0 Å². The van der Waals surface area contributed by atoms with E-state index in [9.17, 15) is 9.18 Å². The molecular weight excluding hydrogens is 467 g/mol. The van der Waals surface area contributed by atoms with Crippen LogP contribution in [0.25, 0.3) is 17.0 Å². The first-order valence-electron chi connectivity index (χ1n) is 12.5. The zero-order chi connectivity index (χ0) is 25.9. The molecule has 4 aromatic rings. The summed E-state index contributed by atoms with van der Waals surface area (Å²) in [4.78, 5) is 19.6. The minimum atomic E-state index is -0.641. The molecule has 1 aromatic heterocycles. The van der Waals surface area contributed by atoms with E-state index in [0.29, 0.717) is 29.2 Å². The highest BCUT2D eigenvalue weighted by atomic mass is 19.1. The number of hydrogen-bond acceptors (Lipinski definition) is 4. The number of benzene rings is 3. The van der Waals surface area contributed by atoms with Crippen molar-refractivity contribution in [1.82, 2.24) is 20.4 Å². The van der Waals surface area contributed by atoms with E-state index in [1.165, 1.54) is 23.3 Å². The molecule has 2 heterocycles. The number of allylic oxidation sites excluding steroid dienone is 1. The number of aromatic nitrogens is 2. The molecule has 7 heteroatoms. The Hall–Kier alpha value is -4.26. The summed E-state index contributed by atoms with van der Waals surface area (Å²) in [6.45, 7) is 6.45. The molecule has 1 aliphatic heterocycles. The van der Waals surface area contributed by atoms with Crippen molar-refractivity contribution in [1.29, 1.82) is 0 Å². The van der Waals surface area contributed by atoms with Gasteiger partial charge in [0.1, 0.15) is 5.82 Å². The quantitative estimate of drug-likeness (QED) is 0.309. The molecule has 0 bridgehead atoms. The Morgan fingerprint density at radius 1 is 0.946 bits per heavy atom. The van der Waals surface area contributed by atoms with Crippen LogP contribution in [0.2, 0.25) is 0 Å².